The quantitative estimate of drug-likeness (QED) is 0.350. The van der Waals surface area contributed by atoms with E-state index in [2.05, 4.69) is 19.8 Å². The Balaban J connectivity index is 1.70. The topological polar surface area (TPSA) is 60.7 Å². The molecule has 0 bridgehead atoms. The van der Waals surface area contributed by atoms with E-state index in [0.717, 1.165) is 38.5 Å². The van der Waals surface area contributed by atoms with Crippen molar-refractivity contribution in [2.24, 2.45) is 34.5 Å². The predicted octanol–water partition coefficient (Wildman–Crippen LogP) is 3.29. The summed E-state index contributed by atoms with van der Waals surface area (Å²) in [5.41, 5.74) is -0.498. The number of hydrogen-bond donors (Lipinski definition) is 3. The van der Waals surface area contributed by atoms with E-state index in [1.54, 1.807) is 0 Å². The summed E-state index contributed by atoms with van der Waals surface area (Å²) in [7, 11) is 0. The molecule has 0 aromatic carbocycles. The highest BCUT2D eigenvalue weighted by atomic mass is 35.5. The van der Waals surface area contributed by atoms with Crippen molar-refractivity contribution in [3.8, 4) is 12.3 Å². The Hall–Kier alpha value is -0.270. The number of aliphatic hydroxyl groups is 3. The molecule has 0 unspecified atom stereocenters. The zero-order chi connectivity index (χ0) is 18.3. The Morgan fingerprint density at radius 2 is 1.60 bits per heavy atom. The lowest BCUT2D eigenvalue weighted by molar-refractivity contribution is -0.251. The van der Waals surface area contributed by atoms with Crippen LogP contribution in [0.25, 0.3) is 0 Å². The van der Waals surface area contributed by atoms with Crippen LogP contribution in [0.1, 0.15) is 65.2 Å². The number of hydrogen-bond acceptors (Lipinski definition) is 3. The highest BCUT2D eigenvalue weighted by Crippen LogP contribution is 2.70. The number of rotatable bonds is 0. The summed E-state index contributed by atoms with van der Waals surface area (Å²) in [6, 6.07) is 0. The molecule has 0 radical (unpaired) electrons. The van der Waals surface area contributed by atoms with Gasteiger partial charge < -0.3 is 15.3 Å². The highest BCUT2D eigenvalue weighted by molar-refractivity contribution is 6.24. The van der Waals surface area contributed by atoms with Gasteiger partial charge in [-0.25, -0.2) is 0 Å². The maximum absolute atomic E-state index is 10.6. The van der Waals surface area contributed by atoms with E-state index < -0.39 is 17.3 Å². The van der Waals surface area contributed by atoms with Gasteiger partial charge in [-0.2, -0.15) is 0 Å². The lowest BCUT2D eigenvalue weighted by Crippen LogP contribution is -2.63. The molecule has 4 aliphatic carbocycles. The Kier molecular flexibility index (Phi) is 3.90. The van der Waals surface area contributed by atoms with Crippen molar-refractivity contribution in [2.45, 2.75) is 82.0 Å². The fraction of sp³-hybridized carbons (Fsp3) is 0.905. The minimum absolute atomic E-state index is 0.0920. The molecule has 0 heterocycles. The van der Waals surface area contributed by atoms with Gasteiger partial charge in [0.1, 0.15) is 0 Å². The Morgan fingerprint density at radius 3 is 2.28 bits per heavy atom. The molecule has 4 saturated carbocycles. The molecule has 3 N–H and O–H groups in total. The normalized spacial score (nSPS) is 57.1. The SMILES string of the molecule is C#C[C@H]1C[C@]2(C)[C@H]3CC[C@@]4(C)[C@@H](CCC4(O)O)[C@@H]3CC[C@@]2(Cl)C[C@@H]1O. The van der Waals surface area contributed by atoms with Crippen LogP contribution < -0.4 is 0 Å². The van der Waals surface area contributed by atoms with Crippen molar-refractivity contribution in [1.29, 1.82) is 0 Å². The molecule has 4 rings (SSSR count). The second-order valence-corrected chi connectivity index (χ2v) is 10.6. The van der Waals surface area contributed by atoms with Gasteiger partial charge in [0, 0.05) is 17.8 Å². The average Bonchev–Trinajstić information content (AvgIpc) is 2.78. The Morgan fingerprint density at radius 1 is 0.960 bits per heavy atom. The first-order chi connectivity index (χ1) is 11.6. The fourth-order valence-corrected chi connectivity index (χ4v) is 7.88. The third-order valence-corrected chi connectivity index (χ3v) is 9.89. The summed E-state index contributed by atoms with van der Waals surface area (Å²) in [6.07, 6.45) is 11.6. The molecule has 0 aromatic heterocycles. The Bertz CT molecular complexity index is 613. The molecular formula is C21H31ClO3. The molecule has 4 heteroatoms. The van der Waals surface area contributed by atoms with Gasteiger partial charge in [0.05, 0.1) is 11.0 Å². The molecule has 4 aliphatic rings. The van der Waals surface area contributed by atoms with Gasteiger partial charge in [-0.1, -0.05) is 13.8 Å². The maximum Gasteiger partial charge on any atom is 0.168 e. The summed E-state index contributed by atoms with van der Waals surface area (Å²) in [5.74, 6) is 2.41. The minimum Gasteiger partial charge on any atom is -0.392 e. The fourth-order valence-electron chi connectivity index (χ4n) is 7.39. The third kappa shape index (κ3) is 2.18. The summed E-state index contributed by atoms with van der Waals surface area (Å²) >= 11 is 7.16. The largest absolute Gasteiger partial charge is 0.392 e. The molecule has 8 atom stereocenters. The van der Waals surface area contributed by atoms with Gasteiger partial charge in [-0.15, -0.1) is 23.9 Å². The minimum atomic E-state index is -1.54. The van der Waals surface area contributed by atoms with E-state index in [-0.39, 0.29) is 16.2 Å². The van der Waals surface area contributed by atoms with Gasteiger partial charge in [-0.05, 0) is 68.1 Å². The highest BCUT2D eigenvalue weighted by Gasteiger charge is 2.67. The van der Waals surface area contributed by atoms with E-state index in [1.807, 2.05) is 0 Å². The first-order valence-corrected chi connectivity index (χ1v) is 10.2. The van der Waals surface area contributed by atoms with Crippen molar-refractivity contribution in [2.75, 3.05) is 0 Å². The average molecular weight is 367 g/mol. The lowest BCUT2D eigenvalue weighted by Gasteiger charge is -2.64. The lowest BCUT2D eigenvalue weighted by atomic mass is 9.43. The molecular weight excluding hydrogens is 336 g/mol. The number of fused-ring (bicyclic) bond motifs is 5. The van der Waals surface area contributed by atoms with Gasteiger partial charge in [-0.3, -0.25) is 0 Å². The van der Waals surface area contributed by atoms with Crippen molar-refractivity contribution >= 4 is 11.6 Å². The Labute approximate surface area is 156 Å². The first-order valence-electron chi connectivity index (χ1n) is 9.86. The number of halogens is 1. The van der Waals surface area contributed by atoms with E-state index >= 15 is 0 Å². The molecule has 25 heavy (non-hydrogen) atoms. The van der Waals surface area contributed by atoms with Crippen LogP contribution in [0.15, 0.2) is 0 Å². The summed E-state index contributed by atoms with van der Waals surface area (Å²) in [5, 5.41) is 31.6. The number of aliphatic hydroxyl groups excluding tert-OH is 1. The monoisotopic (exact) mass is 366 g/mol. The van der Waals surface area contributed by atoms with E-state index in [4.69, 9.17) is 18.0 Å². The van der Waals surface area contributed by atoms with Gasteiger partial charge in [0.2, 0.25) is 0 Å². The number of terminal acetylenes is 1. The predicted molar refractivity (Wildman–Crippen MR) is 97.7 cm³/mol. The molecule has 0 aromatic rings. The summed E-state index contributed by atoms with van der Waals surface area (Å²) in [4.78, 5) is -0.386. The van der Waals surface area contributed by atoms with Crippen LogP contribution in [-0.4, -0.2) is 32.1 Å². The molecule has 3 nitrogen and oxygen atoms in total. The van der Waals surface area contributed by atoms with Gasteiger partial charge >= 0.3 is 0 Å². The van der Waals surface area contributed by atoms with Crippen LogP contribution in [0.5, 0.6) is 0 Å². The van der Waals surface area contributed by atoms with Gasteiger partial charge in [0.15, 0.2) is 5.79 Å². The van der Waals surface area contributed by atoms with Crippen LogP contribution in [0.3, 0.4) is 0 Å². The maximum atomic E-state index is 10.6. The van der Waals surface area contributed by atoms with Crippen LogP contribution >= 0.6 is 11.6 Å². The summed E-state index contributed by atoms with van der Waals surface area (Å²) < 4.78 is 0. The van der Waals surface area contributed by atoms with Crippen LogP contribution in [-0.2, 0) is 0 Å². The summed E-state index contributed by atoms with van der Waals surface area (Å²) in [6.45, 7) is 4.36. The molecule has 0 amide bonds. The standard InChI is InChI=1S/C21H31ClO3/c1-4-13-11-19(3)16-6-8-18(2)15(7-10-21(18,24)25)14(16)5-9-20(19,22)12-17(13)23/h1,13-17,23-25H,5-12H2,2-3H3/t13-,14-,15-,16-,17-,18-,19+,20+/m0/s1. The second-order valence-electron chi connectivity index (χ2n) is 9.86. The van der Waals surface area contributed by atoms with Crippen molar-refractivity contribution < 1.29 is 15.3 Å². The molecule has 0 aliphatic heterocycles. The van der Waals surface area contributed by atoms with Crippen molar-refractivity contribution in [3.05, 3.63) is 0 Å². The van der Waals surface area contributed by atoms with Crippen LogP contribution in [0, 0.1) is 46.8 Å². The molecule has 140 valence electrons. The van der Waals surface area contributed by atoms with Crippen LogP contribution in [0.4, 0.5) is 0 Å². The number of alkyl halides is 1. The van der Waals surface area contributed by atoms with Gasteiger partial charge in [0.25, 0.3) is 0 Å². The van der Waals surface area contributed by atoms with Crippen molar-refractivity contribution in [1.82, 2.24) is 0 Å². The smallest absolute Gasteiger partial charge is 0.168 e. The van der Waals surface area contributed by atoms with E-state index in [1.165, 1.54) is 0 Å². The first kappa shape index (κ1) is 18.1. The molecule has 0 spiro atoms. The van der Waals surface area contributed by atoms with Crippen LogP contribution in [0.2, 0.25) is 0 Å². The second kappa shape index (κ2) is 5.38. The van der Waals surface area contributed by atoms with E-state index in [0.29, 0.717) is 30.6 Å². The van der Waals surface area contributed by atoms with E-state index in [9.17, 15) is 15.3 Å². The molecule has 4 fully saturated rings. The third-order valence-electron chi connectivity index (χ3n) is 9.12. The van der Waals surface area contributed by atoms with Crippen molar-refractivity contribution in [3.63, 3.8) is 0 Å². The zero-order valence-corrected chi connectivity index (χ0v) is 16.1. The zero-order valence-electron chi connectivity index (χ0n) is 15.3. The molecule has 0 saturated heterocycles.